The number of nitrogens with one attached hydrogen (secondary N) is 1. The van der Waals surface area contributed by atoms with Gasteiger partial charge in [-0.1, -0.05) is 12.1 Å². The van der Waals surface area contributed by atoms with E-state index in [9.17, 15) is 13.2 Å². The fourth-order valence-electron chi connectivity index (χ4n) is 1.77. The highest BCUT2D eigenvalue weighted by atomic mass is 32.2. The van der Waals surface area contributed by atoms with Gasteiger partial charge >= 0.3 is 5.97 Å². The van der Waals surface area contributed by atoms with E-state index >= 15 is 0 Å². The highest BCUT2D eigenvalue weighted by molar-refractivity contribution is 7.89. The Labute approximate surface area is 122 Å². The maximum atomic E-state index is 12.0. The Balaban J connectivity index is 1.96. The summed E-state index contributed by atoms with van der Waals surface area (Å²) in [6.45, 7) is 0.657. The molecule has 0 aliphatic carbocycles. The van der Waals surface area contributed by atoms with Gasteiger partial charge in [0.05, 0.1) is 17.9 Å². The van der Waals surface area contributed by atoms with Crippen molar-refractivity contribution in [2.75, 3.05) is 6.54 Å². The Morgan fingerprint density at radius 3 is 2.57 bits per heavy atom. The molecule has 0 spiro atoms. The number of hydrogen-bond donors (Lipinski definition) is 2. The molecule has 0 fully saturated rings. The first-order chi connectivity index (χ1) is 9.97. The summed E-state index contributed by atoms with van der Waals surface area (Å²) in [5, 5.41) is 12.6. The molecule has 0 saturated carbocycles. The third-order valence-corrected chi connectivity index (χ3v) is 4.26. The van der Waals surface area contributed by atoms with Crippen LogP contribution in [0.2, 0.25) is 0 Å². The second-order valence-electron chi connectivity index (χ2n) is 4.38. The van der Waals surface area contributed by atoms with E-state index in [-0.39, 0.29) is 17.9 Å². The van der Waals surface area contributed by atoms with Crippen LogP contribution in [-0.4, -0.2) is 35.8 Å². The van der Waals surface area contributed by atoms with E-state index in [4.69, 9.17) is 5.11 Å². The monoisotopic (exact) mass is 309 g/mol. The molecule has 7 nitrogen and oxygen atoms in total. The van der Waals surface area contributed by atoms with Gasteiger partial charge in [-0.2, -0.15) is 5.10 Å². The largest absolute Gasteiger partial charge is 0.481 e. The number of carboxylic acids is 1. The summed E-state index contributed by atoms with van der Waals surface area (Å²) in [5.74, 6) is -0.956. The Hall–Kier alpha value is -2.19. The number of aliphatic carboxylic acids is 1. The van der Waals surface area contributed by atoms with Crippen LogP contribution < -0.4 is 4.72 Å². The summed E-state index contributed by atoms with van der Waals surface area (Å²) in [5.41, 5.74) is 0.554. The molecule has 1 aromatic carbocycles. The lowest BCUT2D eigenvalue weighted by Gasteiger charge is -2.07. The van der Waals surface area contributed by atoms with Gasteiger partial charge in [0.15, 0.2) is 0 Å². The average molecular weight is 309 g/mol. The lowest BCUT2D eigenvalue weighted by Crippen LogP contribution is -2.27. The molecular weight excluding hydrogens is 294 g/mol. The van der Waals surface area contributed by atoms with Crippen molar-refractivity contribution in [3.63, 3.8) is 0 Å². The van der Waals surface area contributed by atoms with Crippen LogP contribution in [0.4, 0.5) is 0 Å². The zero-order valence-electron chi connectivity index (χ0n) is 11.1. The minimum atomic E-state index is -3.60. The molecular formula is C13H15N3O4S. The van der Waals surface area contributed by atoms with Gasteiger partial charge in [-0.3, -0.25) is 9.48 Å². The first-order valence-corrected chi connectivity index (χ1v) is 7.73. The molecule has 112 valence electrons. The smallest absolute Gasteiger partial charge is 0.307 e. The minimum absolute atomic E-state index is 0.108. The van der Waals surface area contributed by atoms with Gasteiger partial charge in [-0.15, -0.1) is 0 Å². The molecule has 2 aromatic rings. The average Bonchev–Trinajstić information content (AvgIpc) is 2.91. The zero-order chi connectivity index (χ0) is 15.3. The van der Waals surface area contributed by atoms with Crippen molar-refractivity contribution in [3.05, 3.63) is 48.3 Å². The molecule has 8 heteroatoms. The molecule has 2 rings (SSSR count). The molecule has 0 radical (unpaired) electrons. The SMILES string of the molecule is O=C(O)Cc1ccc(S(=O)(=O)NCCn2cccn2)cc1. The number of aromatic nitrogens is 2. The number of nitrogens with zero attached hydrogens (tertiary/aromatic N) is 2. The Morgan fingerprint density at radius 1 is 1.29 bits per heavy atom. The van der Waals surface area contributed by atoms with Gasteiger partial charge in [-0.05, 0) is 23.8 Å². The van der Waals surface area contributed by atoms with Gasteiger partial charge < -0.3 is 5.11 Å². The molecule has 21 heavy (non-hydrogen) atoms. The van der Waals surface area contributed by atoms with E-state index in [2.05, 4.69) is 9.82 Å². The summed E-state index contributed by atoms with van der Waals surface area (Å²) in [7, 11) is -3.60. The maximum absolute atomic E-state index is 12.0. The highest BCUT2D eigenvalue weighted by Gasteiger charge is 2.13. The van der Waals surface area contributed by atoms with Crippen molar-refractivity contribution in [2.45, 2.75) is 17.9 Å². The summed E-state index contributed by atoms with van der Waals surface area (Å²) >= 11 is 0. The summed E-state index contributed by atoms with van der Waals surface area (Å²) < 4.78 is 28.2. The van der Waals surface area contributed by atoms with E-state index in [1.807, 2.05) is 0 Å². The molecule has 0 atom stereocenters. The van der Waals surface area contributed by atoms with E-state index in [1.165, 1.54) is 24.3 Å². The van der Waals surface area contributed by atoms with Crippen LogP contribution >= 0.6 is 0 Å². The lowest BCUT2D eigenvalue weighted by atomic mass is 10.2. The Bertz CT molecular complexity index is 694. The predicted octanol–water partition coefficient (Wildman–Crippen LogP) is 0.489. The van der Waals surface area contributed by atoms with Crippen LogP contribution in [0.15, 0.2) is 47.6 Å². The Morgan fingerprint density at radius 2 is 2.00 bits per heavy atom. The van der Waals surface area contributed by atoms with Crippen molar-refractivity contribution in [2.24, 2.45) is 0 Å². The third-order valence-electron chi connectivity index (χ3n) is 2.78. The molecule has 2 N–H and O–H groups in total. The highest BCUT2D eigenvalue weighted by Crippen LogP contribution is 2.10. The van der Waals surface area contributed by atoms with Crippen LogP contribution in [0.1, 0.15) is 5.56 Å². The van der Waals surface area contributed by atoms with Crippen molar-refractivity contribution < 1.29 is 18.3 Å². The van der Waals surface area contributed by atoms with E-state index in [1.54, 1.807) is 23.1 Å². The minimum Gasteiger partial charge on any atom is -0.481 e. The molecule has 0 aliphatic rings. The van der Waals surface area contributed by atoms with Gasteiger partial charge in [0.1, 0.15) is 0 Å². The second-order valence-corrected chi connectivity index (χ2v) is 6.15. The fraction of sp³-hybridized carbons (Fsp3) is 0.231. The van der Waals surface area contributed by atoms with Crippen LogP contribution in [0, 0.1) is 0 Å². The maximum Gasteiger partial charge on any atom is 0.307 e. The summed E-state index contributed by atoms with van der Waals surface area (Å²) in [6, 6.07) is 7.55. The summed E-state index contributed by atoms with van der Waals surface area (Å²) in [4.78, 5) is 10.7. The number of benzene rings is 1. The molecule has 1 heterocycles. The van der Waals surface area contributed by atoms with E-state index < -0.39 is 16.0 Å². The third kappa shape index (κ3) is 4.40. The number of rotatable bonds is 7. The van der Waals surface area contributed by atoms with Gasteiger partial charge in [0.25, 0.3) is 0 Å². The number of carboxylic acid groups (broad SMARTS) is 1. The zero-order valence-corrected chi connectivity index (χ0v) is 12.0. The van der Waals surface area contributed by atoms with Crippen molar-refractivity contribution in [1.82, 2.24) is 14.5 Å². The predicted molar refractivity (Wildman–Crippen MR) is 75.2 cm³/mol. The van der Waals surface area contributed by atoms with Gasteiger partial charge in [0, 0.05) is 18.9 Å². The van der Waals surface area contributed by atoms with Crippen LogP contribution in [0.25, 0.3) is 0 Å². The second kappa shape index (κ2) is 6.51. The fourth-order valence-corrected chi connectivity index (χ4v) is 2.79. The molecule has 0 bridgehead atoms. The van der Waals surface area contributed by atoms with Crippen LogP contribution in [0.5, 0.6) is 0 Å². The lowest BCUT2D eigenvalue weighted by molar-refractivity contribution is -0.136. The normalized spacial score (nSPS) is 11.4. The number of sulfonamides is 1. The molecule has 0 saturated heterocycles. The van der Waals surface area contributed by atoms with E-state index in [0.717, 1.165) is 0 Å². The van der Waals surface area contributed by atoms with Gasteiger partial charge in [0.2, 0.25) is 10.0 Å². The van der Waals surface area contributed by atoms with Gasteiger partial charge in [-0.25, -0.2) is 13.1 Å². The van der Waals surface area contributed by atoms with Crippen molar-refractivity contribution >= 4 is 16.0 Å². The Kier molecular flexibility index (Phi) is 4.71. The van der Waals surface area contributed by atoms with Crippen LogP contribution in [0.3, 0.4) is 0 Å². The first-order valence-electron chi connectivity index (χ1n) is 6.25. The summed E-state index contributed by atoms with van der Waals surface area (Å²) in [6.07, 6.45) is 3.23. The standard InChI is InChI=1S/C13H15N3O4S/c17-13(18)10-11-2-4-12(5-3-11)21(19,20)15-7-9-16-8-1-6-14-16/h1-6,8,15H,7,9-10H2,(H,17,18). The van der Waals surface area contributed by atoms with Crippen LogP contribution in [-0.2, 0) is 27.8 Å². The topological polar surface area (TPSA) is 101 Å². The van der Waals surface area contributed by atoms with Crippen molar-refractivity contribution in [3.8, 4) is 0 Å². The first kappa shape index (κ1) is 15.2. The number of carbonyl (C=O) groups is 1. The molecule has 0 aliphatic heterocycles. The number of hydrogen-bond acceptors (Lipinski definition) is 4. The quantitative estimate of drug-likeness (QED) is 0.775. The molecule has 0 unspecified atom stereocenters. The molecule has 1 aromatic heterocycles. The molecule has 0 amide bonds. The van der Waals surface area contributed by atoms with Crippen molar-refractivity contribution in [1.29, 1.82) is 0 Å². The van der Waals surface area contributed by atoms with E-state index in [0.29, 0.717) is 12.1 Å².